The molecule has 31 heavy (non-hydrogen) atoms. The first kappa shape index (κ1) is 23.9. The van der Waals surface area contributed by atoms with Gasteiger partial charge < -0.3 is 19.8 Å². The fourth-order valence-corrected chi connectivity index (χ4v) is 8.15. The second-order valence-electron chi connectivity index (χ2n) is 9.36. The predicted octanol–water partition coefficient (Wildman–Crippen LogP) is 1.53. The number of amides is 3. The summed E-state index contributed by atoms with van der Waals surface area (Å²) in [6, 6.07) is -0.740. The molecule has 3 fully saturated rings. The fourth-order valence-electron chi connectivity index (χ4n) is 5.80. The third kappa shape index (κ3) is 3.52. The Balaban J connectivity index is 2.07. The van der Waals surface area contributed by atoms with E-state index in [2.05, 4.69) is 20.1 Å². The quantitative estimate of drug-likeness (QED) is 0.540. The van der Waals surface area contributed by atoms with Crippen molar-refractivity contribution in [1.82, 2.24) is 14.7 Å². The van der Waals surface area contributed by atoms with Crippen LogP contribution >= 0.6 is 11.8 Å². The van der Waals surface area contributed by atoms with E-state index in [0.29, 0.717) is 19.5 Å². The maximum absolute atomic E-state index is 13.8. The molecule has 2 unspecified atom stereocenters. The molecule has 7 nitrogen and oxygen atoms in total. The number of nitrogens with zero attached hydrogens (tertiary/aromatic N) is 3. The molecule has 0 aromatic heterocycles. The van der Waals surface area contributed by atoms with Crippen LogP contribution in [0.2, 0.25) is 0 Å². The van der Waals surface area contributed by atoms with Gasteiger partial charge in [-0.2, -0.15) is 0 Å². The Morgan fingerprint density at radius 2 is 1.90 bits per heavy atom. The van der Waals surface area contributed by atoms with Gasteiger partial charge in [0.1, 0.15) is 6.04 Å². The van der Waals surface area contributed by atoms with E-state index >= 15 is 0 Å². The number of thioether (sulfide) groups is 1. The minimum Gasteiger partial charge on any atom is -0.395 e. The second kappa shape index (κ2) is 8.62. The molecule has 3 amide bonds. The average molecular weight is 450 g/mol. The maximum Gasteiger partial charge on any atom is 0.247 e. The highest BCUT2D eigenvalue weighted by Gasteiger charge is 2.77. The molecule has 3 rings (SSSR count). The summed E-state index contributed by atoms with van der Waals surface area (Å²) in [5.74, 6) is -1.43. The van der Waals surface area contributed by atoms with Crippen molar-refractivity contribution < 1.29 is 19.5 Å². The number of likely N-dealkylation sites (N-methyl/N-ethyl adjacent to an activating group) is 1. The van der Waals surface area contributed by atoms with E-state index in [1.165, 1.54) is 4.90 Å². The van der Waals surface area contributed by atoms with Crippen LogP contribution in [0.1, 0.15) is 33.6 Å². The molecule has 3 heterocycles. The molecule has 3 saturated heterocycles. The van der Waals surface area contributed by atoms with Gasteiger partial charge in [-0.05, 0) is 33.6 Å². The normalized spacial score (nSPS) is 33.5. The number of β-amino-alcohol motifs (C(OH)–C–C–N with tert-alkyl or cyclic N) is 1. The van der Waals surface area contributed by atoms with Crippen LogP contribution in [0, 0.1) is 11.8 Å². The van der Waals surface area contributed by atoms with Crippen molar-refractivity contribution in [2.45, 2.75) is 55.2 Å². The van der Waals surface area contributed by atoms with E-state index in [9.17, 15) is 19.5 Å². The number of hydrogen-bond donors (Lipinski definition) is 1. The third-order valence-corrected chi connectivity index (χ3v) is 9.11. The monoisotopic (exact) mass is 449 g/mol. The Kier molecular flexibility index (Phi) is 6.63. The van der Waals surface area contributed by atoms with E-state index in [4.69, 9.17) is 0 Å². The van der Waals surface area contributed by atoms with Gasteiger partial charge >= 0.3 is 0 Å². The van der Waals surface area contributed by atoms with Crippen LogP contribution in [0.3, 0.4) is 0 Å². The van der Waals surface area contributed by atoms with Crippen LogP contribution in [-0.2, 0) is 14.4 Å². The van der Waals surface area contributed by atoms with Crippen LogP contribution in [0.15, 0.2) is 25.3 Å². The van der Waals surface area contributed by atoms with Gasteiger partial charge in [-0.3, -0.25) is 14.4 Å². The number of likely N-dealkylation sites (tertiary alicyclic amines) is 1. The van der Waals surface area contributed by atoms with E-state index in [0.717, 1.165) is 6.42 Å². The van der Waals surface area contributed by atoms with Crippen LogP contribution in [0.5, 0.6) is 0 Å². The molecule has 5 atom stereocenters. The van der Waals surface area contributed by atoms with Crippen molar-refractivity contribution in [3.05, 3.63) is 25.3 Å². The van der Waals surface area contributed by atoms with Gasteiger partial charge in [-0.25, -0.2) is 0 Å². The number of rotatable bonds is 9. The molecular formula is C23H35N3O4S. The van der Waals surface area contributed by atoms with Crippen molar-refractivity contribution in [2.24, 2.45) is 11.8 Å². The lowest BCUT2D eigenvalue weighted by Crippen LogP contribution is -2.56. The Morgan fingerprint density at radius 1 is 1.26 bits per heavy atom. The number of carbonyl (C=O) groups is 3. The van der Waals surface area contributed by atoms with Crippen molar-refractivity contribution in [1.29, 1.82) is 0 Å². The standard InChI is InChI=1S/C23H35N3O4S/c1-7-11-24(6)19(28)16-17-20(29)26(13-14-27)18(21(30)25(12-8-2)15(3)4)23(17)10-9-22(16,5)31-23/h7-8,15-18,27H,1-2,9-14H2,3-6H3/t16-,17-,18?,22+,23?/m0/s1. The summed E-state index contributed by atoms with van der Waals surface area (Å²) in [4.78, 5) is 45.8. The predicted molar refractivity (Wildman–Crippen MR) is 122 cm³/mol. The summed E-state index contributed by atoms with van der Waals surface area (Å²) in [5.41, 5.74) is 0. The largest absolute Gasteiger partial charge is 0.395 e. The molecule has 2 bridgehead atoms. The highest BCUT2D eigenvalue weighted by molar-refractivity contribution is 8.02. The van der Waals surface area contributed by atoms with Crippen molar-refractivity contribution in [2.75, 3.05) is 33.3 Å². The average Bonchev–Trinajstić information content (AvgIpc) is 3.27. The number of aliphatic hydroxyl groups is 1. The molecular weight excluding hydrogens is 414 g/mol. The first-order valence-corrected chi connectivity index (χ1v) is 11.8. The highest BCUT2D eigenvalue weighted by atomic mass is 32.2. The summed E-state index contributed by atoms with van der Waals surface area (Å²) >= 11 is 1.65. The molecule has 3 aliphatic heterocycles. The SMILES string of the molecule is C=CCN(C)C(=O)[C@@H]1[C@H]2C(=O)N(CCO)C(C(=O)N(CC=C)C(C)C)C23CC[C@@]1(C)S3. The molecule has 8 heteroatoms. The summed E-state index contributed by atoms with van der Waals surface area (Å²) in [6.07, 6.45) is 4.85. The van der Waals surface area contributed by atoms with Gasteiger partial charge in [-0.15, -0.1) is 24.9 Å². The summed E-state index contributed by atoms with van der Waals surface area (Å²) in [7, 11) is 1.73. The van der Waals surface area contributed by atoms with Gasteiger partial charge in [0.05, 0.1) is 23.2 Å². The zero-order valence-corrected chi connectivity index (χ0v) is 19.9. The van der Waals surface area contributed by atoms with Gasteiger partial charge in [0.25, 0.3) is 0 Å². The third-order valence-electron chi connectivity index (χ3n) is 7.13. The highest BCUT2D eigenvalue weighted by Crippen LogP contribution is 2.71. The molecule has 1 N–H and O–H groups in total. The van der Waals surface area contributed by atoms with Gasteiger partial charge in [-0.1, -0.05) is 12.2 Å². The first-order chi connectivity index (χ1) is 14.6. The summed E-state index contributed by atoms with van der Waals surface area (Å²) in [6.45, 7) is 14.1. The van der Waals surface area contributed by atoms with E-state index < -0.39 is 27.4 Å². The smallest absolute Gasteiger partial charge is 0.247 e. The first-order valence-electron chi connectivity index (χ1n) is 11.0. The van der Waals surface area contributed by atoms with Gasteiger partial charge in [0, 0.05) is 37.5 Å². The second-order valence-corrected chi connectivity index (χ2v) is 11.3. The lowest BCUT2D eigenvalue weighted by atomic mass is 9.66. The summed E-state index contributed by atoms with van der Waals surface area (Å²) < 4.78 is -1.04. The molecule has 0 radical (unpaired) electrons. The Morgan fingerprint density at radius 3 is 2.45 bits per heavy atom. The van der Waals surface area contributed by atoms with Crippen molar-refractivity contribution in [3.8, 4) is 0 Å². The van der Waals surface area contributed by atoms with Crippen LogP contribution in [0.25, 0.3) is 0 Å². The van der Waals surface area contributed by atoms with E-state index in [-0.39, 0.29) is 36.9 Å². The number of carbonyl (C=O) groups excluding carboxylic acids is 3. The van der Waals surface area contributed by atoms with Gasteiger partial charge in [0.15, 0.2) is 0 Å². The Hall–Kier alpha value is -1.80. The number of hydrogen-bond acceptors (Lipinski definition) is 5. The van der Waals surface area contributed by atoms with Gasteiger partial charge in [0.2, 0.25) is 17.7 Å². The van der Waals surface area contributed by atoms with E-state index in [1.54, 1.807) is 40.8 Å². The number of aliphatic hydroxyl groups excluding tert-OH is 1. The molecule has 0 aromatic rings. The van der Waals surface area contributed by atoms with Crippen molar-refractivity contribution in [3.63, 3.8) is 0 Å². The van der Waals surface area contributed by atoms with Crippen LogP contribution < -0.4 is 0 Å². The van der Waals surface area contributed by atoms with E-state index in [1.807, 2.05) is 13.8 Å². The molecule has 0 aliphatic carbocycles. The topological polar surface area (TPSA) is 81.2 Å². The maximum atomic E-state index is 13.8. The minimum atomic E-state index is -0.686. The minimum absolute atomic E-state index is 0.0534. The molecule has 1 spiro atoms. The summed E-state index contributed by atoms with van der Waals surface area (Å²) in [5, 5.41) is 9.68. The zero-order valence-electron chi connectivity index (χ0n) is 19.0. The lowest BCUT2D eigenvalue weighted by molar-refractivity contribution is -0.145. The fraction of sp³-hybridized carbons (Fsp3) is 0.696. The van der Waals surface area contributed by atoms with Crippen LogP contribution in [-0.4, -0.2) is 92.4 Å². The molecule has 3 aliphatic rings. The van der Waals surface area contributed by atoms with Crippen LogP contribution in [0.4, 0.5) is 0 Å². The van der Waals surface area contributed by atoms with Crippen molar-refractivity contribution >= 4 is 29.5 Å². The lowest BCUT2D eigenvalue weighted by Gasteiger charge is -2.38. The molecule has 172 valence electrons. The number of fused-ring (bicyclic) bond motifs is 1. The Bertz CT molecular complexity index is 787. The molecule has 0 aromatic carbocycles. The zero-order chi connectivity index (χ0) is 23.1. The Labute approximate surface area is 189 Å². The molecule has 0 saturated carbocycles.